The van der Waals surface area contributed by atoms with Gasteiger partial charge >= 0.3 is 12.0 Å². The number of hydrogen-bond donors (Lipinski definition) is 3. The normalized spacial score (nSPS) is 25.6. The Bertz CT molecular complexity index is 358. The molecule has 0 aromatic rings. The van der Waals surface area contributed by atoms with Crippen LogP contribution < -0.4 is 10.6 Å². The van der Waals surface area contributed by atoms with Crippen molar-refractivity contribution < 1.29 is 14.7 Å². The highest BCUT2D eigenvalue weighted by Crippen LogP contribution is 2.32. The molecule has 0 saturated heterocycles. The molecule has 2 unspecified atom stereocenters. The lowest BCUT2D eigenvalue weighted by Gasteiger charge is -2.37. The molecule has 2 amide bonds. The summed E-state index contributed by atoms with van der Waals surface area (Å²) in [7, 11) is 0. The minimum absolute atomic E-state index is 0.325. The van der Waals surface area contributed by atoms with E-state index >= 15 is 0 Å². The van der Waals surface area contributed by atoms with Crippen molar-refractivity contribution in [1.82, 2.24) is 15.5 Å². The van der Waals surface area contributed by atoms with Crippen LogP contribution in [-0.2, 0) is 4.79 Å². The van der Waals surface area contributed by atoms with E-state index in [1.807, 2.05) is 6.92 Å². The summed E-state index contributed by atoms with van der Waals surface area (Å²) in [6.07, 6.45) is 2.88. The highest BCUT2D eigenvalue weighted by molar-refractivity contribution is 5.86. The van der Waals surface area contributed by atoms with Gasteiger partial charge in [0.25, 0.3) is 0 Å². The summed E-state index contributed by atoms with van der Waals surface area (Å²) in [4.78, 5) is 25.8. The van der Waals surface area contributed by atoms with Crippen LogP contribution in [-0.4, -0.2) is 53.7 Å². The molecule has 0 bridgehead atoms. The highest BCUT2D eigenvalue weighted by Gasteiger charge is 2.43. The molecular formula is C15H29N3O3. The fourth-order valence-electron chi connectivity index (χ4n) is 3.04. The van der Waals surface area contributed by atoms with E-state index < -0.39 is 11.5 Å². The number of urea groups is 1. The summed E-state index contributed by atoms with van der Waals surface area (Å²) in [6, 6.07) is -0.376. The van der Waals surface area contributed by atoms with Gasteiger partial charge in [-0.2, -0.15) is 0 Å². The van der Waals surface area contributed by atoms with Crippen LogP contribution in [0.1, 0.15) is 46.5 Å². The van der Waals surface area contributed by atoms with E-state index in [-0.39, 0.29) is 6.03 Å². The number of hydrogen-bond acceptors (Lipinski definition) is 3. The molecule has 0 radical (unpaired) electrons. The Hall–Kier alpha value is -1.30. The van der Waals surface area contributed by atoms with Crippen molar-refractivity contribution in [3.8, 4) is 0 Å². The molecule has 122 valence electrons. The van der Waals surface area contributed by atoms with Gasteiger partial charge in [-0.3, -0.25) is 0 Å². The molecule has 0 aromatic carbocycles. The SMILES string of the molecule is CCN(CC)CCNC(=O)NC1(C(=O)O)CCCC(C)C1. The molecule has 1 fully saturated rings. The summed E-state index contributed by atoms with van der Waals surface area (Å²) in [5.74, 6) is -0.598. The first-order valence-electron chi connectivity index (χ1n) is 7.95. The lowest BCUT2D eigenvalue weighted by atomic mass is 9.76. The third-order valence-electron chi connectivity index (χ3n) is 4.37. The molecule has 6 nitrogen and oxygen atoms in total. The summed E-state index contributed by atoms with van der Waals surface area (Å²) in [5, 5.41) is 15.0. The average molecular weight is 299 g/mol. The van der Waals surface area contributed by atoms with Crippen molar-refractivity contribution in [3.63, 3.8) is 0 Å². The second-order valence-electron chi connectivity index (χ2n) is 6.00. The van der Waals surface area contributed by atoms with Crippen LogP contribution >= 0.6 is 0 Å². The van der Waals surface area contributed by atoms with E-state index in [0.717, 1.165) is 32.5 Å². The molecule has 0 aromatic heterocycles. The van der Waals surface area contributed by atoms with Crippen LogP contribution in [0.5, 0.6) is 0 Å². The van der Waals surface area contributed by atoms with E-state index in [0.29, 0.717) is 25.3 Å². The van der Waals surface area contributed by atoms with Gasteiger partial charge < -0.3 is 20.6 Å². The Kier molecular flexibility index (Phi) is 6.95. The van der Waals surface area contributed by atoms with Gasteiger partial charge in [-0.15, -0.1) is 0 Å². The lowest BCUT2D eigenvalue weighted by molar-refractivity contribution is -0.146. The van der Waals surface area contributed by atoms with Gasteiger partial charge in [0.05, 0.1) is 0 Å². The van der Waals surface area contributed by atoms with Crippen molar-refractivity contribution in [2.45, 2.75) is 52.0 Å². The maximum absolute atomic E-state index is 12.0. The Morgan fingerprint density at radius 1 is 1.33 bits per heavy atom. The number of aliphatic carboxylic acids is 1. The first-order valence-corrected chi connectivity index (χ1v) is 7.95. The summed E-state index contributed by atoms with van der Waals surface area (Å²) in [6.45, 7) is 9.37. The molecule has 0 aliphatic heterocycles. The van der Waals surface area contributed by atoms with Gasteiger partial charge in [0.1, 0.15) is 5.54 Å². The first-order chi connectivity index (χ1) is 9.93. The molecule has 3 N–H and O–H groups in total. The zero-order chi connectivity index (χ0) is 15.9. The predicted molar refractivity (Wildman–Crippen MR) is 82.3 cm³/mol. The van der Waals surface area contributed by atoms with Gasteiger partial charge in [-0.1, -0.05) is 33.6 Å². The van der Waals surface area contributed by atoms with Gasteiger partial charge in [0.2, 0.25) is 0 Å². The summed E-state index contributed by atoms with van der Waals surface area (Å²) in [5.41, 5.74) is -1.10. The smallest absolute Gasteiger partial charge is 0.329 e. The average Bonchev–Trinajstić information content (AvgIpc) is 2.43. The quantitative estimate of drug-likeness (QED) is 0.668. The van der Waals surface area contributed by atoms with E-state index in [1.54, 1.807) is 0 Å². The number of amides is 2. The number of carbonyl (C=O) groups excluding carboxylic acids is 1. The number of nitrogens with one attached hydrogen (secondary N) is 2. The molecule has 21 heavy (non-hydrogen) atoms. The zero-order valence-corrected chi connectivity index (χ0v) is 13.4. The fourth-order valence-corrected chi connectivity index (χ4v) is 3.04. The van der Waals surface area contributed by atoms with Crippen molar-refractivity contribution in [2.75, 3.05) is 26.2 Å². The predicted octanol–water partition coefficient (Wildman–Crippen LogP) is 1.66. The van der Waals surface area contributed by atoms with Gasteiger partial charge in [0, 0.05) is 13.1 Å². The lowest BCUT2D eigenvalue weighted by Crippen LogP contribution is -2.59. The maximum Gasteiger partial charge on any atom is 0.329 e. The van der Waals surface area contributed by atoms with E-state index in [2.05, 4.69) is 29.4 Å². The van der Waals surface area contributed by atoms with Crippen LogP contribution in [0.15, 0.2) is 0 Å². The second-order valence-corrected chi connectivity index (χ2v) is 6.00. The van der Waals surface area contributed by atoms with E-state index in [4.69, 9.17) is 0 Å². The van der Waals surface area contributed by atoms with Gasteiger partial charge in [0.15, 0.2) is 0 Å². The maximum atomic E-state index is 12.0. The summed E-state index contributed by atoms with van der Waals surface area (Å²) >= 11 is 0. The fraction of sp³-hybridized carbons (Fsp3) is 0.867. The molecule has 1 saturated carbocycles. The largest absolute Gasteiger partial charge is 0.480 e. The van der Waals surface area contributed by atoms with Gasteiger partial charge in [-0.25, -0.2) is 9.59 Å². The molecule has 2 atom stereocenters. The number of rotatable bonds is 7. The minimum atomic E-state index is -1.10. The standard InChI is InChI=1S/C15H29N3O3/c1-4-18(5-2)10-9-16-14(21)17-15(13(19)20)8-6-7-12(3)11-15/h12H,4-11H2,1-3H3,(H,19,20)(H2,16,17,21). The topological polar surface area (TPSA) is 81.7 Å². The van der Waals surface area contributed by atoms with Crippen LogP contribution in [0.4, 0.5) is 4.79 Å². The number of carbonyl (C=O) groups is 2. The van der Waals surface area contributed by atoms with E-state index in [9.17, 15) is 14.7 Å². The van der Waals surface area contributed by atoms with Crippen molar-refractivity contribution in [3.05, 3.63) is 0 Å². The van der Waals surface area contributed by atoms with Crippen LogP contribution in [0, 0.1) is 5.92 Å². The first kappa shape index (κ1) is 17.8. The summed E-state index contributed by atoms with van der Waals surface area (Å²) < 4.78 is 0. The van der Waals surface area contributed by atoms with Crippen molar-refractivity contribution in [2.24, 2.45) is 5.92 Å². The monoisotopic (exact) mass is 299 g/mol. The van der Waals surface area contributed by atoms with Gasteiger partial charge in [-0.05, 0) is 31.8 Å². The van der Waals surface area contributed by atoms with Crippen molar-refractivity contribution in [1.29, 1.82) is 0 Å². The number of nitrogens with zero attached hydrogens (tertiary/aromatic N) is 1. The molecule has 1 aliphatic carbocycles. The van der Waals surface area contributed by atoms with Crippen molar-refractivity contribution >= 4 is 12.0 Å². The molecular weight excluding hydrogens is 270 g/mol. The Morgan fingerprint density at radius 2 is 2.00 bits per heavy atom. The molecule has 1 rings (SSSR count). The number of likely N-dealkylation sites (N-methyl/N-ethyl adjacent to an activating group) is 1. The number of carboxylic acids is 1. The Labute approximate surface area is 127 Å². The molecule has 1 aliphatic rings. The Balaban J connectivity index is 2.48. The van der Waals surface area contributed by atoms with Crippen LogP contribution in [0.2, 0.25) is 0 Å². The molecule has 6 heteroatoms. The Morgan fingerprint density at radius 3 is 2.52 bits per heavy atom. The van der Waals surface area contributed by atoms with Crippen LogP contribution in [0.25, 0.3) is 0 Å². The zero-order valence-electron chi connectivity index (χ0n) is 13.4. The minimum Gasteiger partial charge on any atom is -0.480 e. The van der Waals surface area contributed by atoms with E-state index in [1.165, 1.54) is 0 Å². The number of carboxylic acid groups (broad SMARTS) is 1. The highest BCUT2D eigenvalue weighted by atomic mass is 16.4. The molecule has 0 spiro atoms. The van der Waals surface area contributed by atoms with Crippen LogP contribution in [0.3, 0.4) is 0 Å². The second kappa shape index (κ2) is 8.22. The molecule has 0 heterocycles. The third kappa shape index (κ3) is 5.19. The third-order valence-corrected chi connectivity index (χ3v) is 4.37.